The van der Waals surface area contributed by atoms with E-state index >= 15 is 0 Å². The monoisotopic (exact) mass is 340 g/mol. The number of hydrogen-bond donors (Lipinski definition) is 1. The highest BCUT2D eigenvalue weighted by Crippen LogP contribution is 2.34. The smallest absolute Gasteiger partial charge is 0.228 e. The number of nitrogens with zero attached hydrogens (tertiary/aromatic N) is 3. The topological polar surface area (TPSA) is 92.4 Å². The third-order valence-corrected chi connectivity index (χ3v) is 3.60. The van der Waals surface area contributed by atoms with E-state index in [4.69, 9.17) is 19.9 Å². The van der Waals surface area contributed by atoms with Crippen molar-refractivity contribution in [3.63, 3.8) is 0 Å². The average Bonchev–Trinajstić information content (AvgIpc) is 2.60. The highest BCUT2D eigenvalue weighted by atomic mass is 16.5. The zero-order chi connectivity index (χ0) is 18.0. The summed E-state index contributed by atoms with van der Waals surface area (Å²) < 4.78 is 16.4. The van der Waals surface area contributed by atoms with Gasteiger partial charge in [0.05, 0.1) is 25.7 Å². The Bertz CT molecular complexity index is 912. The number of benzene rings is 1. The molecule has 2 aromatic heterocycles. The summed E-state index contributed by atoms with van der Waals surface area (Å²) in [6.07, 6.45) is 1.69. The van der Waals surface area contributed by atoms with E-state index in [2.05, 4.69) is 15.0 Å². The summed E-state index contributed by atoms with van der Waals surface area (Å²) in [4.78, 5) is 12.8. The minimum Gasteiger partial charge on any atom is -0.493 e. The lowest BCUT2D eigenvalue weighted by molar-refractivity contribution is 0.236. The van der Waals surface area contributed by atoms with Gasteiger partial charge in [-0.15, -0.1) is 0 Å². The van der Waals surface area contributed by atoms with Crippen molar-refractivity contribution in [2.24, 2.45) is 0 Å². The zero-order valence-corrected chi connectivity index (χ0v) is 14.6. The van der Waals surface area contributed by atoms with Gasteiger partial charge in [-0.05, 0) is 37.6 Å². The van der Waals surface area contributed by atoms with Crippen molar-refractivity contribution >= 4 is 17.0 Å². The number of rotatable bonds is 5. The van der Waals surface area contributed by atoms with Crippen LogP contribution in [0.4, 0.5) is 5.95 Å². The van der Waals surface area contributed by atoms with Crippen LogP contribution in [0.15, 0.2) is 30.5 Å². The van der Waals surface area contributed by atoms with E-state index in [1.165, 1.54) is 0 Å². The van der Waals surface area contributed by atoms with Gasteiger partial charge in [0.15, 0.2) is 17.1 Å². The van der Waals surface area contributed by atoms with E-state index in [0.717, 1.165) is 11.1 Å². The molecule has 1 aromatic carbocycles. The molecule has 0 amide bonds. The van der Waals surface area contributed by atoms with Crippen LogP contribution in [0.3, 0.4) is 0 Å². The second kappa shape index (κ2) is 6.80. The highest BCUT2D eigenvalue weighted by Gasteiger charge is 2.13. The Labute approximate surface area is 145 Å². The van der Waals surface area contributed by atoms with Gasteiger partial charge >= 0.3 is 0 Å². The molecule has 0 aliphatic rings. The fourth-order valence-electron chi connectivity index (χ4n) is 2.49. The molecule has 0 aliphatic heterocycles. The largest absolute Gasteiger partial charge is 0.493 e. The summed E-state index contributed by atoms with van der Waals surface area (Å²) in [6.45, 7) is 3.85. The Morgan fingerprint density at radius 3 is 2.40 bits per heavy atom. The van der Waals surface area contributed by atoms with Crippen LogP contribution in [0.5, 0.6) is 17.4 Å². The van der Waals surface area contributed by atoms with E-state index in [-0.39, 0.29) is 12.1 Å². The van der Waals surface area contributed by atoms with Crippen LogP contribution < -0.4 is 19.9 Å². The van der Waals surface area contributed by atoms with Crippen molar-refractivity contribution < 1.29 is 14.2 Å². The summed E-state index contributed by atoms with van der Waals surface area (Å²) in [5.41, 5.74) is 8.05. The van der Waals surface area contributed by atoms with Crippen LogP contribution in [-0.2, 0) is 0 Å². The standard InChI is InChI=1S/C18H20N4O3/c1-10(2)25-17-13-7-12(9-20-16(13)21-18(19)22-17)11-5-6-14(23-3)15(8-11)24-4/h5-10H,1-4H3,(H2,19,20,21,22). The molecular formula is C18H20N4O3. The third kappa shape index (κ3) is 3.40. The first-order chi connectivity index (χ1) is 12.0. The van der Waals surface area contributed by atoms with E-state index in [9.17, 15) is 0 Å². The SMILES string of the molecule is COc1ccc(-c2cnc3nc(N)nc(OC(C)C)c3c2)cc1OC. The number of ether oxygens (including phenoxy) is 3. The highest BCUT2D eigenvalue weighted by molar-refractivity contribution is 5.86. The maximum absolute atomic E-state index is 5.76. The first-order valence-corrected chi connectivity index (χ1v) is 7.84. The molecule has 2 heterocycles. The second-order valence-corrected chi connectivity index (χ2v) is 5.72. The first-order valence-electron chi connectivity index (χ1n) is 7.84. The van der Waals surface area contributed by atoms with Gasteiger partial charge in [-0.2, -0.15) is 9.97 Å². The van der Waals surface area contributed by atoms with Crippen LogP contribution in [0.2, 0.25) is 0 Å². The Hall–Kier alpha value is -3.09. The Kier molecular flexibility index (Phi) is 4.56. The lowest BCUT2D eigenvalue weighted by Crippen LogP contribution is -2.09. The number of pyridine rings is 1. The van der Waals surface area contributed by atoms with Crippen molar-refractivity contribution in [3.8, 4) is 28.5 Å². The minimum atomic E-state index is -0.0396. The predicted octanol–water partition coefficient (Wildman–Crippen LogP) is 3.08. The van der Waals surface area contributed by atoms with E-state index in [0.29, 0.717) is 28.4 Å². The Balaban J connectivity index is 2.13. The molecule has 0 bridgehead atoms. The summed E-state index contributed by atoms with van der Waals surface area (Å²) in [5.74, 6) is 1.87. The van der Waals surface area contributed by atoms with Crippen LogP contribution in [0.25, 0.3) is 22.2 Å². The predicted molar refractivity (Wildman–Crippen MR) is 96.0 cm³/mol. The third-order valence-electron chi connectivity index (χ3n) is 3.60. The molecule has 7 nitrogen and oxygen atoms in total. The molecule has 0 fully saturated rings. The van der Waals surface area contributed by atoms with Crippen molar-refractivity contribution in [3.05, 3.63) is 30.5 Å². The maximum atomic E-state index is 5.76. The number of fused-ring (bicyclic) bond motifs is 1. The van der Waals surface area contributed by atoms with Gasteiger partial charge in [0.25, 0.3) is 0 Å². The summed E-state index contributed by atoms with van der Waals surface area (Å²) in [5, 5.41) is 0.704. The molecule has 0 atom stereocenters. The lowest BCUT2D eigenvalue weighted by Gasteiger charge is -2.13. The Morgan fingerprint density at radius 1 is 0.960 bits per heavy atom. The second-order valence-electron chi connectivity index (χ2n) is 5.72. The fraction of sp³-hybridized carbons (Fsp3) is 0.278. The molecule has 7 heteroatoms. The summed E-state index contributed by atoms with van der Waals surface area (Å²) in [6, 6.07) is 7.61. The Morgan fingerprint density at radius 2 is 1.72 bits per heavy atom. The van der Waals surface area contributed by atoms with Crippen LogP contribution >= 0.6 is 0 Å². The van der Waals surface area contributed by atoms with Crippen molar-refractivity contribution in [2.75, 3.05) is 20.0 Å². The van der Waals surface area contributed by atoms with Gasteiger partial charge in [0.2, 0.25) is 11.8 Å². The van der Waals surface area contributed by atoms with E-state index in [1.807, 2.05) is 38.1 Å². The van der Waals surface area contributed by atoms with Crippen LogP contribution in [0, 0.1) is 0 Å². The van der Waals surface area contributed by atoms with Gasteiger partial charge in [0, 0.05) is 11.8 Å². The zero-order valence-electron chi connectivity index (χ0n) is 14.6. The van der Waals surface area contributed by atoms with Gasteiger partial charge in [-0.3, -0.25) is 0 Å². The maximum Gasteiger partial charge on any atom is 0.228 e. The quantitative estimate of drug-likeness (QED) is 0.763. The normalized spacial score (nSPS) is 10.9. The molecule has 3 rings (SSSR count). The van der Waals surface area contributed by atoms with Crippen molar-refractivity contribution in [1.82, 2.24) is 15.0 Å². The molecule has 130 valence electrons. The van der Waals surface area contributed by atoms with Crippen molar-refractivity contribution in [2.45, 2.75) is 20.0 Å². The van der Waals surface area contributed by atoms with Crippen LogP contribution in [-0.4, -0.2) is 35.3 Å². The van der Waals surface area contributed by atoms with E-state index < -0.39 is 0 Å². The number of nitrogen functional groups attached to an aromatic ring is 1. The lowest BCUT2D eigenvalue weighted by atomic mass is 10.1. The van der Waals surface area contributed by atoms with E-state index in [1.54, 1.807) is 20.4 Å². The molecule has 2 N–H and O–H groups in total. The molecule has 0 saturated heterocycles. The fourth-order valence-corrected chi connectivity index (χ4v) is 2.49. The molecule has 0 saturated carbocycles. The first kappa shape index (κ1) is 16.8. The molecule has 0 aliphatic carbocycles. The molecule has 3 aromatic rings. The van der Waals surface area contributed by atoms with Crippen LogP contribution in [0.1, 0.15) is 13.8 Å². The molecule has 0 unspecified atom stereocenters. The number of methoxy groups -OCH3 is 2. The number of aromatic nitrogens is 3. The molecular weight excluding hydrogens is 320 g/mol. The average molecular weight is 340 g/mol. The molecule has 25 heavy (non-hydrogen) atoms. The number of hydrogen-bond acceptors (Lipinski definition) is 7. The summed E-state index contributed by atoms with van der Waals surface area (Å²) in [7, 11) is 3.21. The molecule has 0 spiro atoms. The minimum absolute atomic E-state index is 0.0396. The summed E-state index contributed by atoms with van der Waals surface area (Å²) >= 11 is 0. The van der Waals surface area contributed by atoms with Gasteiger partial charge in [0.1, 0.15) is 0 Å². The van der Waals surface area contributed by atoms with Gasteiger partial charge in [-0.25, -0.2) is 4.98 Å². The van der Waals surface area contributed by atoms with Crippen molar-refractivity contribution in [1.29, 1.82) is 0 Å². The number of anilines is 1. The molecule has 0 radical (unpaired) electrons. The number of nitrogens with two attached hydrogens (primary N) is 1. The van der Waals surface area contributed by atoms with Gasteiger partial charge < -0.3 is 19.9 Å². The van der Waals surface area contributed by atoms with Gasteiger partial charge in [-0.1, -0.05) is 6.07 Å².